The minimum Gasteiger partial charge on any atom is -0.508 e. The lowest BCUT2D eigenvalue weighted by atomic mass is 9.86. The molecule has 2 aromatic rings. The Hall–Kier alpha value is -4.13. The summed E-state index contributed by atoms with van der Waals surface area (Å²) in [6, 6.07) is 11.9. The molecular formula is C34H42N4O8. The SMILES string of the molecule is CC(C)CC(C(=O)N1CCC2OCC(=O)C21)c1ccccc1C(N)=O.NC(Cc1ccc(O)cc1)C(=O)N1CCC2OCC(=O)C21. The van der Waals surface area contributed by atoms with Crippen LogP contribution in [0.25, 0.3) is 0 Å². The van der Waals surface area contributed by atoms with E-state index >= 15 is 0 Å². The van der Waals surface area contributed by atoms with Crippen LogP contribution in [-0.4, -0.2) is 101 Å². The van der Waals surface area contributed by atoms with Crippen molar-refractivity contribution in [2.75, 3.05) is 26.3 Å². The van der Waals surface area contributed by atoms with Crippen molar-refractivity contribution in [3.63, 3.8) is 0 Å². The zero-order chi connectivity index (χ0) is 33.1. The van der Waals surface area contributed by atoms with Gasteiger partial charge in [0.2, 0.25) is 17.7 Å². The summed E-state index contributed by atoms with van der Waals surface area (Å²) in [5.74, 6) is -1.01. The number of ether oxygens (including phenoxy) is 2. The van der Waals surface area contributed by atoms with Gasteiger partial charge in [-0.15, -0.1) is 0 Å². The molecule has 4 fully saturated rings. The van der Waals surface area contributed by atoms with Crippen LogP contribution in [0.5, 0.6) is 5.75 Å². The second-order valence-electron chi connectivity index (χ2n) is 12.8. The smallest absolute Gasteiger partial charge is 0.249 e. The fraction of sp³-hybridized carbons (Fsp3) is 0.500. The van der Waals surface area contributed by atoms with Gasteiger partial charge in [0, 0.05) is 18.7 Å². The van der Waals surface area contributed by atoms with Crippen LogP contribution in [0.15, 0.2) is 48.5 Å². The maximum atomic E-state index is 13.3. The van der Waals surface area contributed by atoms with Crippen LogP contribution in [-0.2, 0) is 35.1 Å². The number of phenolic OH excluding ortho intramolecular Hbond substituents is 1. The fourth-order valence-electron chi connectivity index (χ4n) is 6.93. The Labute approximate surface area is 268 Å². The summed E-state index contributed by atoms with van der Waals surface area (Å²) in [5, 5.41) is 9.25. The monoisotopic (exact) mass is 634 g/mol. The van der Waals surface area contributed by atoms with Crippen LogP contribution < -0.4 is 11.5 Å². The summed E-state index contributed by atoms with van der Waals surface area (Å²) in [6.45, 7) is 5.25. The zero-order valence-corrected chi connectivity index (χ0v) is 26.2. The van der Waals surface area contributed by atoms with Gasteiger partial charge in [-0.2, -0.15) is 0 Å². The second kappa shape index (κ2) is 14.1. The van der Waals surface area contributed by atoms with Crippen molar-refractivity contribution >= 4 is 29.3 Å². The van der Waals surface area contributed by atoms with Crippen molar-refractivity contribution in [3.05, 3.63) is 65.2 Å². The third-order valence-electron chi connectivity index (χ3n) is 9.11. The zero-order valence-electron chi connectivity index (χ0n) is 26.2. The normalized spacial score (nSPS) is 24.8. The van der Waals surface area contributed by atoms with E-state index in [1.807, 2.05) is 13.8 Å². The molecule has 0 saturated carbocycles. The molecular weight excluding hydrogens is 592 g/mol. The van der Waals surface area contributed by atoms with Gasteiger partial charge in [0.05, 0.1) is 24.2 Å². The predicted octanol–water partition coefficient (Wildman–Crippen LogP) is 1.31. The van der Waals surface area contributed by atoms with Crippen LogP contribution in [0.2, 0.25) is 0 Å². The number of benzene rings is 2. The molecule has 46 heavy (non-hydrogen) atoms. The number of fused-ring (bicyclic) bond motifs is 2. The molecule has 0 spiro atoms. The molecule has 2 aromatic carbocycles. The van der Waals surface area contributed by atoms with Crippen LogP contribution in [0.4, 0.5) is 0 Å². The molecule has 12 nitrogen and oxygen atoms in total. The third kappa shape index (κ3) is 6.98. The molecule has 5 N–H and O–H groups in total. The molecule has 246 valence electrons. The molecule has 6 rings (SSSR count). The number of Topliss-reactive ketones (excluding diaryl/α,β-unsaturated/α-hetero) is 2. The average Bonchev–Trinajstić information content (AvgIpc) is 3.81. The summed E-state index contributed by atoms with van der Waals surface area (Å²) in [6.07, 6.45) is 1.97. The van der Waals surface area contributed by atoms with Crippen molar-refractivity contribution in [2.24, 2.45) is 17.4 Å². The van der Waals surface area contributed by atoms with Gasteiger partial charge in [-0.1, -0.05) is 44.2 Å². The lowest BCUT2D eigenvalue weighted by molar-refractivity contribution is -0.138. The van der Waals surface area contributed by atoms with Gasteiger partial charge >= 0.3 is 0 Å². The quantitative estimate of drug-likeness (QED) is 0.386. The summed E-state index contributed by atoms with van der Waals surface area (Å²) in [4.78, 5) is 64.7. The maximum Gasteiger partial charge on any atom is 0.249 e. The molecule has 12 heteroatoms. The predicted molar refractivity (Wildman–Crippen MR) is 167 cm³/mol. The topological polar surface area (TPSA) is 183 Å². The number of carbonyl (C=O) groups excluding carboxylic acids is 5. The molecule has 0 aromatic heterocycles. The van der Waals surface area contributed by atoms with Gasteiger partial charge in [-0.25, -0.2) is 0 Å². The number of primary amides is 1. The fourth-order valence-corrected chi connectivity index (χ4v) is 6.93. The summed E-state index contributed by atoms with van der Waals surface area (Å²) >= 11 is 0. The first kappa shape index (κ1) is 33.2. The van der Waals surface area contributed by atoms with Gasteiger partial charge in [0.25, 0.3) is 0 Å². The Morgan fingerprint density at radius 2 is 1.41 bits per heavy atom. The Balaban J connectivity index is 0.000000184. The van der Waals surface area contributed by atoms with Crippen molar-refractivity contribution in [3.8, 4) is 5.75 Å². The molecule has 6 unspecified atom stereocenters. The average molecular weight is 635 g/mol. The highest BCUT2D eigenvalue weighted by atomic mass is 16.5. The molecule has 6 atom stereocenters. The van der Waals surface area contributed by atoms with E-state index < -0.39 is 30.0 Å². The van der Waals surface area contributed by atoms with E-state index in [-0.39, 0.29) is 60.5 Å². The minimum absolute atomic E-state index is 0.0392. The van der Waals surface area contributed by atoms with Gasteiger partial charge in [0.1, 0.15) is 31.0 Å². The van der Waals surface area contributed by atoms with Crippen LogP contribution in [0.1, 0.15) is 60.5 Å². The number of likely N-dealkylation sites (tertiary alicyclic amines) is 2. The van der Waals surface area contributed by atoms with Gasteiger partial charge in [-0.05, 0) is 60.9 Å². The highest BCUT2D eigenvalue weighted by Gasteiger charge is 2.49. The number of aromatic hydroxyl groups is 1. The molecule has 4 saturated heterocycles. The van der Waals surface area contributed by atoms with E-state index in [2.05, 4.69) is 0 Å². The third-order valence-corrected chi connectivity index (χ3v) is 9.11. The van der Waals surface area contributed by atoms with Crippen LogP contribution in [0, 0.1) is 5.92 Å². The lowest BCUT2D eigenvalue weighted by Crippen LogP contribution is -2.50. The van der Waals surface area contributed by atoms with E-state index in [0.717, 1.165) is 5.56 Å². The highest BCUT2D eigenvalue weighted by molar-refractivity contribution is 5.99. The molecule has 0 aliphatic carbocycles. The van der Waals surface area contributed by atoms with E-state index in [4.69, 9.17) is 20.9 Å². The van der Waals surface area contributed by atoms with Crippen LogP contribution in [0.3, 0.4) is 0 Å². The summed E-state index contributed by atoms with van der Waals surface area (Å²) in [5.41, 5.74) is 13.4. The number of amides is 3. The molecule has 0 radical (unpaired) electrons. The van der Waals surface area contributed by atoms with Crippen molar-refractivity contribution in [1.82, 2.24) is 9.80 Å². The van der Waals surface area contributed by atoms with Crippen molar-refractivity contribution < 1.29 is 38.6 Å². The van der Waals surface area contributed by atoms with E-state index in [1.165, 1.54) is 0 Å². The number of phenols is 1. The number of hydrogen-bond donors (Lipinski definition) is 3. The number of ketones is 2. The first-order valence-corrected chi connectivity index (χ1v) is 15.8. The lowest BCUT2D eigenvalue weighted by Gasteiger charge is -2.29. The number of hydrogen-bond acceptors (Lipinski definition) is 9. The first-order valence-electron chi connectivity index (χ1n) is 15.8. The largest absolute Gasteiger partial charge is 0.508 e. The van der Waals surface area contributed by atoms with Gasteiger partial charge in [-0.3, -0.25) is 24.0 Å². The Bertz CT molecular complexity index is 1480. The Morgan fingerprint density at radius 3 is 1.96 bits per heavy atom. The van der Waals surface area contributed by atoms with E-state index in [9.17, 15) is 29.1 Å². The molecule has 4 aliphatic rings. The molecule has 0 bridgehead atoms. The van der Waals surface area contributed by atoms with Gasteiger partial charge < -0.3 is 35.8 Å². The van der Waals surface area contributed by atoms with Gasteiger partial charge in [0.15, 0.2) is 11.6 Å². The second-order valence-corrected chi connectivity index (χ2v) is 12.8. The summed E-state index contributed by atoms with van der Waals surface area (Å²) < 4.78 is 10.8. The standard InChI is InChI=1S/C19H24N2O4.C15H18N2O4/c1-11(2)9-14(12-5-3-4-6-13(12)18(20)23)19(24)21-8-7-16-17(21)15(22)10-25-16;16-11(7-9-1-3-10(18)4-2-9)15(20)17-6-5-13-14(17)12(19)8-21-13/h3-6,11,14,16-17H,7-10H2,1-2H3,(H2,20,23);1-4,11,13-14,18H,5-8,16H2. The number of nitrogens with two attached hydrogens (primary N) is 2. The number of rotatable bonds is 8. The van der Waals surface area contributed by atoms with Crippen molar-refractivity contribution in [1.29, 1.82) is 0 Å². The van der Waals surface area contributed by atoms with E-state index in [0.29, 0.717) is 49.9 Å². The number of carbonyl (C=O) groups is 5. The van der Waals surface area contributed by atoms with Crippen LogP contribution >= 0.6 is 0 Å². The first-order chi connectivity index (χ1) is 22.0. The van der Waals surface area contributed by atoms with E-state index in [1.54, 1.807) is 58.3 Å². The Morgan fingerprint density at radius 1 is 0.870 bits per heavy atom. The Kier molecular flexibility index (Phi) is 10.2. The highest BCUT2D eigenvalue weighted by Crippen LogP contribution is 2.34. The molecule has 4 aliphatic heterocycles. The summed E-state index contributed by atoms with van der Waals surface area (Å²) in [7, 11) is 0. The number of nitrogens with zero attached hydrogens (tertiary/aromatic N) is 2. The van der Waals surface area contributed by atoms with Crippen molar-refractivity contribution in [2.45, 2.75) is 75.8 Å². The molecule has 3 amide bonds. The molecule has 4 heterocycles. The maximum absolute atomic E-state index is 13.3. The minimum atomic E-state index is -0.693.